The predicted octanol–water partition coefficient (Wildman–Crippen LogP) is 0.0366. The van der Waals surface area contributed by atoms with Gasteiger partial charge in [0.05, 0.1) is 0 Å². The van der Waals surface area contributed by atoms with Gasteiger partial charge < -0.3 is 21.4 Å². The number of hydrogen-bond donors (Lipinski definition) is 4. The maximum absolute atomic E-state index is 8.79. The number of nitrogens with two attached hydrogens (primary N) is 1. The molecule has 6 heteroatoms. The molecule has 1 atom stereocenters. The largest absolute Gasteiger partial charge is 0.409 e. The summed E-state index contributed by atoms with van der Waals surface area (Å²) in [6.45, 7) is 2.69. The number of oxime groups is 1. The number of nitrogens with one attached hydrogen (secondary N) is 1. The minimum absolute atomic E-state index is 0.00258. The molecule has 5 N–H and O–H groups in total. The first kappa shape index (κ1) is 13.4. The second-order valence-electron chi connectivity index (χ2n) is 3.79. The van der Waals surface area contributed by atoms with Crippen molar-refractivity contribution in [1.29, 1.82) is 0 Å². The van der Waals surface area contributed by atoms with Gasteiger partial charge in [-0.15, -0.1) is 0 Å². The van der Waals surface area contributed by atoms with Gasteiger partial charge in [-0.05, 0) is 25.0 Å². The summed E-state index contributed by atoms with van der Waals surface area (Å²) in [4.78, 5) is 4.07. The second kappa shape index (κ2) is 6.82. The number of aliphatic hydroxyl groups excluding tert-OH is 1. The van der Waals surface area contributed by atoms with Gasteiger partial charge in [0.1, 0.15) is 5.69 Å². The van der Waals surface area contributed by atoms with E-state index in [1.807, 2.05) is 13.0 Å². The third-order valence-corrected chi connectivity index (χ3v) is 2.44. The van der Waals surface area contributed by atoms with E-state index >= 15 is 0 Å². The SMILES string of the molecule is CC(CCO)NCc1cccnc1/C(N)=N/O. The van der Waals surface area contributed by atoms with E-state index in [-0.39, 0.29) is 18.5 Å². The van der Waals surface area contributed by atoms with Gasteiger partial charge >= 0.3 is 0 Å². The molecule has 0 aromatic carbocycles. The molecule has 0 radical (unpaired) electrons. The molecule has 0 bridgehead atoms. The van der Waals surface area contributed by atoms with E-state index in [1.165, 1.54) is 0 Å². The van der Waals surface area contributed by atoms with E-state index < -0.39 is 0 Å². The Morgan fingerprint density at radius 1 is 1.65 bits per heavy atom. The molecule has 1 heterocycles. The summed E-state index contributed by atoms with van der Waals surface area (Å²) in [5.74, 6) is -0.00258. The topological polar surface area (TPSA) is 104 Å². The average molecular weight is 238 g/mol. The maximum Gasteiger partial charge on any atom is 0.189 e. The Balaban J connectivity index is 2.71. The number of amidine groups is 1. The smallest absolute Gasteiger partial charge is 0.189 e. The number of aliphatic hydroxyl groups is 1. The monoisotopic (exact) mass is 238 g/mol. The van der Waals surface area contributed by atoms with E-state index in [0.717, 1.165) is 5.56 Å². The van der Waals surface area contributed by atoms with Gasteiger partial charge in [0.15, 0.2) is 5.84 Å². The molecule has 1 rings (SSSR count). The molecule has 0 saturated carbocycles. The molecule has 17 heavy (non-hydrogen) atoms. The zero-order valence-electron chi connectivity index (χ0n) is 9.80. The van der Waals surface area contributed by atoms with Crippen molar-refractivity contribution in [2.75, 3.05) is 6.61 Å². The van der Waals surface area contributed by atoms with Crippen LogP contribution in [0.5, 0.6) is 0 Å². The van der Waals surface area contributed by atoms with Crippen molar-refractivity contribution in [3.05, 3.63) is 29.6 Å². The molecule has 6 nitrogen and oxygen atoms in total. The lowest BCUT2D eigenvalue weighted by Crippen LogP contribution is -2.28. The fraction of sp³-hybridized carbons (Fsp3) is 0.455. The molecular formula is C11H18N4O2. The molecule has 1 unspecified atom stereocenters. The Labute approximate surface area is 100 Å². The van der Waals surface area contributed by atoms with Gasteiger partial charge in [-0.1, -0.05) is 11.2 Å². The molecule has 0 spiro atoms. The van der Waals surface area contributed by atoms with Crippen LogP contribution >= 0.6 is 0 Å². The van der Waals surface area contributed by atoms with E-state index in [1.54, 1.807) is 12.3 Å². The summed E-state index contributed by atoms with van der Waals surface area (Å²) in [5.41, 5.74) is 6.86. The van der Waals surface area contributed by atoms with Crippen LogP contribution in [0.2, 0.25) is 0 Å². The van der Waals surface area contributed by atoms with Crippen molar-refractivity contribution >= 4 is 5.84 Å². The van der Waals surface area contributed by atoms with Gasteiger partial charge in [0.2, 0.25) is 0 Å². The fourth-order valence-corrected chi connectivity index (χ4v) is 1.44. The Kier molecular flexibility index (Phi) is 5.38. The van der Waals surface area contributed by atoms with Crippen molar-refractivity contribution in [3.63, 3.8) is 0 Å². The Hall–Kier alpha value is -1.66. The zero-order valence-corrected chi connectivity index (χ0v) is 9.80. The van der Waals surface area contributed by atoms with Gasteiger partial charge in [-0.3, -0.25) is 4.98 Å². The molecule has 0 aliphatic rings. The highest BCUT2D eigenvalue weighted by Crippen LogP contribution is 2.05. The van der Waals surface area contributed by atoms with Crippen LogP contribution in [0.15, 0.2) is 23.5 Å². The summed E-state index contributed by atoms with van der Waals surface area (Å²) in [7, 11) is 0. The van der Waals surface area contributed by atoms with Crippen LogP contribution in [0.1, 0.15) is 24.6 Å². The Morgan fingerprint density at radius 3 is 3.06 bits per heavy atom. The van der Waals surface area contributed by atoms with Crippen molar-refractivity contribution in [2.45, 2.75) is 25.9 Å². The van der Waals surface area contributed by atoms with Crippen molar-refractivity contribution in [1.82, 2.24) is 10.3 Å². The number of rotatable bonds is 6. The molecule has 0 aliphatic heterocycles. The quantitative estimate of drug-likeness (QED) is 0.242. The Bertz CT molecular complexity index is 381. The Morgan fingerprint density at radius 2 is 2.41 bits per heavy atom. The number of hydrogen-bond acceptors (Lipinski definition) is 5. The normalized spacial score (nSPS) is 13.6. The molecular weight excluding hydrogens is 220 g/mol. The standard InChI is InChI=1S/C11H18N4O2/c1-8(4-6-16)14-7-9-3-2-5-13-10(9)11(12)15-17/h2-3,5,8,14,16-17H,4,6-7H2,1H3,(H2,12,15). The van der Waals surface area contributed by atoms with Crippen LogP contribution in [-0.4, -0.2) is 33.8 Å². The van der Waals surface area contributed by atoms with E-state index in [2.05, 4.69) is 15.5 Å². The zero-order chi connectivity index (χ0) is 12.7. The molecule has 0 saturated heterocycles. The van der Waals surface area contributed by atoms with Crippen LogP contribution in [0.25, 0.3) is 0 Å². The van der Waals surface area contributed by atoms with Crippen LogP contribution in [-0.2, 0) is 6.54 Å². The van der Waals surface area contributed by atoms with Gasteiger partial charge in [0, 0.05) is 25.4 Å². The summed E-state index contributed by atoms with van der Waals surface area (Å²) in [6.07, 6.45) is 2.27. The summed E-state index contributed by atoms with van der Waals surface area (Å²) in [6, 6.07) is 3.85. The average Bonchev–Trinajstić information content (AvgIpc) is 2.36. The lowest BCUT2D eigenvalue weighted by molar-refractivity contribution is 0.268. The van der Waals surface area contributed by atoms with E-state index in [0.29, 0.717) is 18.7 Å². The van der Waals surface area contributed by atoms with Gasteiger partial charge in [-0.25, -0.2) is 0 Å². The highest BCUT2D eigenvalue weighted by Gasteiger charge is 2.09. The van der Waals surface area contributed by atoms with Gasteiger partial charge in [-0.2, -0.15) is 0 Å². The predicted molar refractivity (Wildman–Crippen MR) is 64.8 cm³/mol. The van der Waals surface area contributed by atoms with E-state index in [4.69, 9.17) is 16.0 Å². The first-order chi connectivity index (χ1) is 8.19. The van der Waals surface area contributed by atoms with Crippen molar-refractivity contribution in [2.24, 2.45) is 10.9 Å². The first-order valence-corrected chi connectivity index (χ1v) is 5.45. The summed E-state index contributed by atoms with van der Waals surface area (Å²) < 4.78 is 0. The van der Waals surface area contributed by atoms with Crippen molar-refractivity contribution < 1.29 is 10.3 Å². The minimum atomic E-state index is -0.00258. The molecule has 0 amide bonds. The van der Waals surface area contributed by atoms with Crippen LogP contribution < -0.4 is 11.1 Å². The van der Waals surface area contributed by atoms with Crippen LogP contribution in [0.3, 0.4) is 0 Å². The lowest BCUT2D eigenvalue weighted by Gasteiger charge is -2.13. The van der Waals surface area contributed by atoms with E-state index in [9.17, 15) is 0 Å². The number of pyridine rings is 1. The summed E-state index contributed by atoms with van der Waals surface area (Å²) >= 11 is 0. The third kappa shape index (κ3) is 4.01. The second-order valence-corrected chi connectivity index (χ2v) is 3.79. The highest BCUT2D eigenvalue weighted by molar-refractivity contribution is 5.96. The van der Waals surface area contributed by atoms with Crippen molar-refractivity contribution in [3.8, 4) is 0 Å². The molecule has 1 aromatic heterocycles. The van der Waals surface area contributed by atoms with Gasteiger partial charge in [0.25, 0.3) is 0 Å². The lowest BCUT2D eigenvalue weighted by atomic mass is 10.1. The third-order valence-electron chi connectivity index (χ3n) is 2.44. The summed E-state index contributed by atoms with van der Waals surface area (Å²) in [5, 5.41) is 23.6. The van der Waals surface area contributed by atoms with Crippen LogP contribution in [0, 0.1) is 0 Å². The molecule has 0 fully saturated rings. The minimum Gasteiger partial charge on any atom is -0.409 e. The molecule has 1 aromatic rings. The first-order valence-electron chi connectivity index (χ1n) is 5.45. The number of nitrogens with zero attached hydrogens (tertiary/aromatic N) is 2. The highest BCUT2D eigenvalue weighted by atomic mass is 16.4. The maximum atomic E-state index is 8.79. The molecule has 0 aliphatic carbocycles. The number of aromatic nitrogens is 1. The van der Waals surface area contributed by atoms with Crippen LogP contribution in [0.4, 0.5) is 0 Å². The molecule has 94 valence electrons. The fourth-order valence-electron chi connectivity index (χ4n) is 1.44.